The van der Waals surface area contributed by atoms with E-state index in [4.69, 9.17) is 10.7 Å². The molecule has 0 unspecified atom stereocenters. The molecule has 2 heterocycles. The Morgan fingerprint density at radius 2 is 1.91 bits per heavy atom. The zero-order valence-electron chi connectivity index (χ0n) is 18.4. The first-order chi connectivity index (χ1) is 15.1. The number of hydrogen-bond donors (Lipinski definition) is 3. The summed E-state index contributed by atoms with van der Waals surface area (Å²) < 4.78 is 13.8. The van der Waals surface area contributed by atoms with Gasteiger partial charge in [0.05, 0.1) is 6.54 Å². The zero-order chi connectivity index (χ0) is 22.1. The molecule has 4 N–H and O–H groups in total. The van der Waals surface area contributed by atoms with Crippen molar-refractivity contribution >= 4 is 41.7 Å². The Kier molecular flexibility index (Phi) is 10.6. The normalized spacial score (nSPS) is 14.6. The van der Waals surface area contributed by atoms with Gasteiger partial charge in [-0.1, -0.05) is 24.3 Å². The van der Waals surface area contributed by atoms with Crippen molar-refractivity contribution in [3.63, 3.8) is 0 Å². The molecular weight excluding hydrogens is 522 g/mol. The van der Waals surface area contributed by atoms with Crippen molar-refractivity contribution < 1.29 is 9.18 Å². The van der Waals surface area contributed by atoms with Gasteiger partial charge in [0.25, 0.3) is 0 Å². The Labute approximate surface area is 206 Å². The van der Waals surface area contributed by atoms with Gasteiger partial charge in [0, 0.05) is 43.9 Å². The van der Waals surface area contributed by atoms with E-state index >= 15 is 0 Å². The zero-order valence-corrected chi connectivity index (χ0v) is 20.7. The minimum absolute atomic E-state index is 0. The smallest absolute Gasteiger partial charge is 0.220 e. The van der Waals surface area contributed by atoms with Crippen LogP contribution in [0.5, 0.6) is 0 Å². The number of halogens is 2. The maximum atomic E-state index is 13.8. The molecule has 3 rings (SSSR count). The molecule has 0 spiro atoms. The molecule has 9 heteroatoms. The van der Waals surface area contributed by atoms with Crippen molar-refractivity contribution in [2.75, 3.05) is 31.1 Å². The van der Waals surface area contributed by atoms with Crippen molar-refractivity contribution in [2.24, 2.45) is 16.6 Å². The van der Waals surface area contributed by atoms with Crippen LogP contribution in [-0.2, 0) is 17.8 Å². The number of piperidine rings is 1. The van der Waals surface area contributed by atoms with Gasteiger partial charge in [-0.2, -0.15) is 0 Å². The molecule has 0 atom stereocenters. The molecule has 1 aliphatic heterocycles. The van der Waals surface area contributed by atoms with E-state index in [-0.39, 0.29) is 41.6 Å². The van der Waals surface area contributed by atoms with Gasteiger partial charge in [0.2, 0.25) is 5.91 Å². The molecule has 1 amide bonds. The highest BCUT2D eigenvalue weighted by molar-refractivity contribution is 14.0. The maximum absolute atomic E-state index is 13.8. The van der Waals surface area contributed by atoms with Crippen LogP contribution in [-0.4, -0.2) is 43.0 Å². The number of guanidine groups is 1. The molecule has 1 aromatic carbocycles. The third kappa shape index (κ3) is 7.32. The SMILES string of the molecule is CCNC(=NCc1cccnc1N1CCC(C(N)=O)CC1)NCCc1ccccc1F.I. The average Bonchev–Trinajstić information content (AvgIpc) is 2.79. The Morgan fingerprint density at radius 1 is 1.19 bits per heavy atom. The molecular formula is C23H32FIN6O. The van der Waals surface area contributed by atoms with Crippen molar-refractivity contribution in [1.29, 1.82) is 0 Å². The third-order valence-corrected chi connectivity index (χ3v) is 5.46. The maximum Gasteiger partial charge on any atom is 0.220 e. The summed E-state index contributed by atoms with van der Waals surface area (Å²) in [6.07, 6.45) is 3.84. The van der Waals surface area contributed by atoms with Gasteiger partial charge in [-0.3, -0.25) is 4.79 Å². The number of benzene rings is 1. The standard InChI is InChI=1S/C23H31FN6O.HI/c1-2-26-23(28-13-9-17-6-3-4-8-20(17)24)29-16-19-7-5-12-27-22(19)30-14-10-18(11-15-30)21(25)31;/h3-8,12,18H,2,9-11,13-16H2,1H3,(H2,25,31)(H2,26,28,29);1H. The molecule has 174 valence electrons. The minimum atomic E-state index is -0.220. The van der Waals surface area contributed by atoms with E-state index in [0.717, 1.165) is 43.9 Å². The predicted octanol–water partition coefficient (Wildman–Crippen LogP) is 2.84. The highest BCUT2D eigenvalue weighted by atomic mass is 127. The first-order valence-electron chi connectivity index (χ1n) is 10.8. The van der Waals surface area contributed by atoms with Crippen LogP contribution in [0.2, 0.25) is 0 Å². The number of rotatable bonds is 8. The fourth-order valence-corrected chi connectivity index (χ4v) is 3.74. The van der Waals surface area contributed by atoms with Gasteiger partial charge < -0.3 is 21.3 Å². The largest absolute Gasteiger partial charge is 0.369 e. The van der Waals surface area contributed by atoms with Crippen LogP contribution in [0.1, 0.15) is 30.9 Å². The number of primary amides is 1. The topological polar surface area (TPSA) is 95.6 Å². The lowest BCUT2D eigenvalue weighted by molar-refractivity contribution is -0.122. The average molecular weight is 554 g/mol. The summed E-state index contributed by atoms with van der Waals surface area (Å²) in [5.74, 6) is 1.12. The second-order valence-electron chi connectivity index (χ2n) is 7.61. The van der Waals surface area contributed by atoms with Gasteiger partial charge in [0.1, 0.15) is 11.6 Å². The summed E-state index contributed by atoms with van der Waals surface area (Å²) in [6.45, 7) is 5.28. The number of nitrogens with one attached hydrogen (secondary N) is 2. The van der Waals surface area contributed by atoms with E-state index in [1.165, 1.54) is 6.07 Å². The number of anilines is 1. The number of nitrogens with zero attached hydrogens (tertiary/aromatic N) is 3. The quantitative estimate of drug-likeness (QED) is 0.265. The molecule has 7 nitrogen and oxygen atoms in total. The Bertz CT molecular complexity index is 902. The molecule has 1 aromatic heterocycles. The summed E-state index contributed by atoms with van der Waals surface area (Å²) in [6, 6.07) is 10.7. The molecule has 1 saturated heterocycles. The minimum Gasteiger partial charge on any atom is -0.369 e. The van der Waals surface area contributed by atoms with E-state index in [0.29, 0.717) is 31.0 Å². The third-order valence-electron chi connectivity index (χ3n) is 5.46. The number of amides is 1. The van der Waals surface area contributed by atoms with Crippen LogP contribution in [0, 0.1) is 11.7 Å². The summed E-state index contributed by atoms with van der Waals surface area (Å²) >= 11 is 0. The van der Waals surface area contributed by atoms with Crippen LogP contribution in [0.4, 0.5) is 10.2 Å². The number of pyridine rings is 1. The first-order valence-corrected chi connectivity index (χ1v) is 10.8. The second-order valence-corrected chi connectivity index (χ2v) is 7.61. The summed E-state index contributed by atoms with van der Waals surface area (Å²) in [4.78, 5) is 22.9. The number of aromatic nitrogens is 1. The van der Waals surface area contributed by atoms with Gasteiger partial charge >= 0.3 is 0 Å². The Hall–Kier alpha value is -2.43. The summed E-state index contributed by atoms with van der Waals surface area (Å²) in [5.41, 5.74) is 7.15. The van der Waals surface area contributed by atoms with E-state index in [9.17, 15) is 9.18 Å². The molecule has 0 bridgehead atoms. The van der Waals surface area contributed by atoms with Crippen molar-refractivity contribution in [1.82, 2.24) is 15.6 Å². The van der Waals surface area contributed by atoms with Crippen LogP contribution in [0.3, 0.4) is 0 Å². The van der Waals surface area contributed by atoms with E-state index in [2.05, 4.69) is 20.5 Å². The molecule has 0 saturated carbocycles. The monoisotopic (exact) mass is 554 g/mol. The van der Waals surface area contributed by atoms with Crippen LogP contribution in [0.25, 0.3) is 0 Å². The molecule has 32 heavy (non-hydrogen) atoms. The van der Waals surface area contributed by atoms with Crippen LogP contribution >= 0.6 is 24.0 Å². The predicted molar refractivity (Wildman–Crippen MR) is 137 cm³/mol. The highest BCUT2D eigenvalue weighted by Gasteiger charge is 2.24. The lowest BCUT2D eigenvalue weighted by Gasteiger charge is -2.32. The Balaban J connectivity index is 0.00000363. The number of hydrogen-bond acceptors (Lipinski definition) is 4. The van der Waals surface area contributed by atoms with Crippen molar-refractivity contribution in [3.8, 4) is 0 Å². The number of aliphatic imine (C=N–C) groups is 1. The second kappa shape index (κ2) is 13.2. The van der Waals surface area contributed by atoms with Gasteiger partial charge in [-0.15, -0.1) is 24.0 Å². The molecule has 1 fully saturated rings. The molecule has 0 radical (unpaired) electrons. The van der Waals surface area contributed by atoms with E-state index in [1.807, 2.05) is 25.1 Å². The van der Waals surface area contributed by atoms with Gasteiger partial charge in [-0.05, 0) is 43.9 Å². The summed E-state index contributed by atoms with van der Waals surface area (Å²) in [7, 11) is 0. The number of carbonyl (C=O) groups excluding carboxylic acids is 1. The molecule has 1 aliphatic rings. The fourth-order valence-electron chi connectivity index (χ4n) is 3.74. The van der Waals surface area contributed by atoms with Crippen molar-refractivity contribution in [3.05, 3.63) is 59.5 Å². The van der Waals surface area contributed by atoms with Crippen molar-refractivity contribution in [2.45, 2.75) is 32.7 Å². The highest BCUT2D eigenvalue weighted by Crippen LogP contribution is 2.24. The van der Waals surface area contributed by atoms with Crippen LogP contribution in [0.15, 0.2) is 47.6 Å². The van der Waals surface area contributed by atoms with Gasteiger partial charge in [0.15, 0.2) is 5.96 Å². The van der Waals surface area contributed by atoms with E-state index < -0.39 is 0 Å². The van der Waals surface area contributed by atoms with E-state index in [1.54, 1.807) is 18.3 Å². The lowest BCUT2D eigenvalue weighted by Crippen LogP contribution is -2.39. The molecule has 2 aromatic rings. The van der Waals surface area contributed by atoms with Gasteiger partial charge in [-0.25, -0.2) is 14.4 Å². The molecule has 0 aliphatic carbocycles. The lowest BCUT2D eigenvalue weighted by atomic mass is 9.96. The first kappa shape index (κ1) is 25.8. The number of nitrogens with two attached hydrogens (primary N) is 1. The number of carbonyl (C=O) groups is 1. The Morgan fingerprint density at radius 3 is 2.59 bits per heavy atom. The fraction of sp³-hybridized carbons (Fsp3) is 0.435. The van der Waals surface area contributed by atoms with Crippen LogP contribution < -0.4 is 21.3 Å². The summed E-state index contributed by atoms with van der Waals surface area (Å²) in [5, 5.41) is 6.50.